The molecule has 5 aromatic rings. The first-order valence-electron chi connectivity index (χ1n) is 9.92. The number of ketones is 1. The van der Waals surface area contributed by atoms with Crippen LogP contribution in [0.25, 0.3) is 22.1 Å². The molecule has 10 heteroatoms. The van der Waals surface area contributed by atoms with Crippen molar-refractivity contribution in [2.75, 3.05) is 5.32 Å². The van der Waals surface area contributed by atoms with Crippen LogP contribution >= 0.6 is 0 Å². The summed E-state index contributed by atoms with van der Waals surface area (Å²) in [5.41, 5.74) is 2.88. The number of carbonyl (C=O) groups excluding carboxylic acids is 2. The third-order valence-corrected chi connectivity index (χ3v) is 5.11. The first kappa shape index (κ1) is 19.5. The van der Waals surface area contributed by atoms with E-state index in [-0.39, 0.29) is 17.7 Å². The molecule has 5 aromatic heterocycles. The summed E-state index contributed by atoms with van der Waals surface area (Å²) in [5, 5.41) is 10.8. The fourth-order valence-electron chi connectivity index (χ4n) is 3.52. The molecule has 0 spiro atoms. The average molecular weight is 426 g/mol. The van der Waals surface area contributed by atoms with Crippen LogP contribution in [0.2, 0.25) is 0 Å². The molecule has 0 fully saturated rings. The minimum absolute atomic E-state index is 0.124. The molecule has 2 N–H and O–H groups in total. The first-order valence-corrected chi connectivity index (χ1v) is 9.92. The number of nitrogens with zero attached hydrogens (tertiary/aromatic N) is 6. The normalized spacial score (nSPS) is 11.3. The van der Waals surface area contributed by atoms with Gasteiger partial charge >= 0.3 is 0 Å². The van der Waals surface area contributed by atoms with Crippen LogP contribution in [0.1, 0.15) is 46.2 Å². The van der Waals surface area contributed by atoms with Crippen LogP contribution in [0.4, 0.5) is 5.69 Å². The zero-order valence-electron chi connectivity index (χ0n) is 17.3. The quantitative estimate of drug-likeness (QED) is 0.413. The van der Waals surface area contributed by atoms with E-state index in [0.29, 0.717) is 39.1 Å². The van der Waals surface area contributed by atoms with Gasteiger partial charge in [0.2, 0.25) is 0 Å². The molecule has 5 rings (SSSR count). The maximum Gasteiger partial charge on any atom is 0.257 e. The van der Waals surface area contributed by atoms with E-state index in [1.54, 1.807) is 30.7 Å². The van der Waals surface area contributed by atoms with Gasteiger partial charge in [-0.3, -0.25) is 19.7 Å². The van der Waals surface area contributed by atoms with E-state index in [2.05, 4.69) is 35.5 Å². The van der Waals surface area contributed by atoms with Gasteiger partial charge in [-0.25, -0.2) is 15.0 Å². The summed E-state index contributed by atoms with van der Waals surface area (Å²) in [6.07, 6.45) is 10.9. The second-order valence-corrected chi connectivity index (χ2v) is 7.58. The summed E-state index contributed by atoms with van der Waals surface area (Å²) >= 11 is 0. The molecule has 0 radical (unpaired) electrons. The lowest BCUT2D eigenvalue weighted by Gasteiger charge is -2.07. The number of H-pyrrole nitrogens is 1. The molecule has 5 heterocycles. The van der Waals surface area contributed by atoms with Gasteiger partial charge in [0.25, 0.3) is 5.91 Å². The number of rotatable bonds is 5. The lowest BCUT2D eigenvalue weighted by Crippen LogP contribution is -2.13. The highest BCUT2D eigenvalue weighted by Crippen LogP contribution is 2.25. The number of amides is 1. The highest BCUT2D eigenvalue weighted by molar-refractivity contribution is 6.16. The third-order valence-electron chi connectivity index (χ3n) is 5.11. The average Bonchev–Trinajstić information content (AvgIpc) is 3.43. The predicted molar refractivity (Wildman–Crippen MR) is 117 cm³/mol. The second-order valence-electron chi connectivity index (χ2n) is 7.58. The van der Waals surface area contributed by atoms with Crippen LogP contribution in [0.5, 0.6) is 0 Å². The summed E-state index contributed by atoms with van der Waals surface area (Å²) < 4.78 is 1.93. The van der Waals surface area contributed by atoms with Crippen molar-refractivity contribution in [1.82, 2.24) is 34.7 Å². The number of carbonyl (C=O) groups is 2. The largest absolute Gasteiger partial charge is 0.329 e. The molecule has 0 atom stereocenters. The van der Waals surface area contributed by atoms with Crippen molar-refractivity contribution in [1.29, 1.82) is 0 Å². The SMILES string of the molecule is CC(C)n1cc(C(=O)c2cncc(NC(=O)c3cnc4[nH]ncc4c3)c2)c2cncnc21. The van der Waals surface area contributed by atoms with Gasteiger partial charge in [-0.1, -0.05) is 0 Å². The van der Waals surface area contributed by atoms with Crippen molar-refractivity contribution in [3.8, 4) is 0 Å². The van der Waals surface area contributed by atoms with E-state index >= 15 is 0 Å². The number of pyridine rings is 2. The minimum atomic E-state index is -0.364. The van der Waals surface area contributed by atoms with E-state index in [0.717, 1.165) is 5.39 Å². The van der Waals surface area contributed by atoms with E-state index in [1.165, 1.54) is 24.9 Å². The lowest BCUT2D eigenvalue weighted by atomic mass is 10.1. The maximum absolute atomic E-state index is 13.3. The van der Waals surface area contributed by atoms with Gasteiger partial charge in [-0.15, -0.1) is 0 Å². The Balaban J connectivity index is 1.44. The Morgan fingerprint density at radius 3 is 2.72 bits per heavy atom. The molecular formula is C22H18N8O2. The summed E-state index contributed by atoms with van der Waals surface area (Å²) in [7, 11) is 0. The van der Waals surface area contributed by atoms with E-state index < -0.39 is 0 Å². The summed E-state index contributed by atoms with van der Waals surface area (Å²) in [6.45, 7) is 4.03. The molecule has 0 aromatic carbocycles. The van der Waals surface area contributed by atoms with Gasteiger partial charge in [0, 0.05) is 47.2 Å². The van der Waals surface area contributed by atoms with E-state index in [9.17, 15) is 9.59 Å². The molecule has 1 amide bonds. The predicted octanol–water partition coefficient (Wildman–Crippen LogP) is 3.16. The second kappa shape index (κ2) is 7.65. The van der Waals surface area contributed by atoms with Crippen molar-refractivity contribution < 1.29 is 9.59 Å². The van der Waals surface area contributed by atoms with Gasteiger partial charge in [-0.05, 0) is 26.0 Å². The number of aromatic amines is 1. The number of hydrogen-bond donors (Lipinski definition) is 2. The van der Waals surface area contributed by atoms with Gasteiger partial charge < -0.3 is 9.88 Å². The molecule has 0 aliphatic rings. The Labute approximate surface area is 181 Å². The molecule has 0 unspecified atom stereocenters. The Bertz CT molecular complexity index is 1480. The standard InChI is InChI=1S/C22H18N8O2/c1-12(2)30-10-18(17-9-24-11-26-21(17)30)19(31)13-4-16(8-23-5-13)28-22(32)15-3-14-7-27-29-20(14)25-6-15/h3-12H,1-2H3,(H,28,32)(H,25,27,29). The van der Waals surface area contributed by atoms with Crippen molar-refractivity contribution in [3.63, 3.8) is 0 Å². The zero-order chi connectivity index (χ0) is 22.2. The Hall–Kier alpha value is -4.47. The summed E-state index contributed by atoms with van der Waals surface area (Å²) in [5.74, 6) is -0.592. The first-order chi connectivity index (χ1) is 15.5. The molecule has 10 nitrogen and oxygen atoms in total. The van der Waals surface area contributed by atoms with Gasteiger partial charge in [0.1, 0.15) is 12.0 Å². The number of fused-ring (bicyclic) bond motifs is 2. The smallest absolute Gasteiger partial charge is 0.257 e. The van der Waals surface area contributed by atoms with Gasteiger partial charge in [0.15, 0.2) is 11.4 Å². The van der Waals surface area contributed by atoms with Crippen LogP contribution in [-0.2, 0) is 0 Å². The third kappa shape index (κ3) is 3.37. The molecule has 158 valence electrons. The lowest BCUT2D eigenvalue weighted by molar-refractivity contribution is 0.102. The van der Waals surface area contributed by atoms with Crippen LogP contribution in [0.3, 0.4) is 0 Å². The Morgan fingerprint density at radius 1 is 1.00 bits per heavy atom. The number of nitrogens with one attached hydrogen (secondary N) is 2. The van der Waals surface area contributed by atoms with Crippen LogP contribution in [0.15, 0.2) is 55.6 Å². The molecule has 0 bridgehead atoms. The number of hydrogen-bond acceptors (Lipinski definition) is 7. The Morgan fingerprint density at radius 2 is 1.88 bits per heavy atom. The van der Waals surface area contributed by atoms with Crippen molar-refractivity contribution in [2.45, 2.75) is 19.9 Å². The monoisotopic (exact) mass is 426 g/mol. The van der Waals surface area contributed by atoms with Crippen LogP contribution < -0.4 is 5.32 Å². The molecule has 32 heavy (non-hydrogen) atoms. The number of aromatic nitrogens is 7. The molecule has 0 aliphatic heterocycles. The van der Waals surface area contributed by atoms with Crippen molar-refractivity contribution >= 4 is 39.4 Å². The van der Waals surface area contributed by atoms with Gasteiger partial charge in [-0.2, -0.15) is 5.10 Å². The highest BCUT2D eigenvalue weighted by Gasteiger charge is 2.20. The molecule has 0 saturated carbocycles. The summed E-state index contributed by atoms with van der Waals surface area (Å²) in [6, 6.07) is 3.41. The minimum Gasteiger partial charge on any atom is -0.329 e. The zero-order valence-corrected chi connectivity index (χ0v) is 17.3. The highest BCUT2D eigenvalue weighted by atomic mass is 16.1. The molecular weight excluding hydrogens is 408 g/mol. The fourth-order valence-corrected chi connectivity index (χ4v) is 3.52. The van der Waals surface area contributed by atoms with Crippen LogP contribution in [-0.4, -0.2) is 46.4 Å². The molecule has 0 aliphatic carbocycles. The van der Waals surface area contributed by atoms with Crippen LogP contribution in [0, 0.1) is 0 Å². The fraction of sp³-hybridized carbons (Fsp3) is 0.136. The molecule has 0 saturated heterocycles. The topological polar surface area (TPSA) is 131 Å². The summed E-state index contributed by atoms with van der Waals surface area (Å²) in [4.78, 5) is 42.6. The van der Waals surface area contributed by atoms with Crippen molar-refractivity contribution in [2.24, 2.45) is 0 Å². The maximum atomic E-state index is 13.3. The van der Waals surface area contributed by atoms with Crippen molar-refractivity contribution in [3.05, 3.63) is 72.3 Å². The number of anilines is 1. The Kier molecular flexibility index (Phi) is 4.66. The van der Waals surface area contributed by atoms with Gasteiger partial charge in [0.05, 0.1) is 29.2 Å². The van der Waals surface area contributed by atoms with E-state index in [1.807, 2.05) is 18.4 Å². The van der Waals surface area contributed by atoms with E-state index in [4.69, 9.17) is 0 Å².